The van der Waals surface area contributed by atoms with Crippen molar-refractivity contribution >= 4 is 21.7 Å². The van der Waals surface area contributed by atoms with E-state index in [4.69, 9.17) is 5.73 Å². The lowest BCUT2D eigenvalue weighted by molar-refractivity contribution is 0.246. The number of hydrogen-bond acceptors (Lipinski definition) is 4. The van der Waals surface area contributed by atoms with Gasteiger partial charge in [0.05, 0.1) is 4.90 Å². The van der Waals surface area contributed by atoms with Gasteiger partial charge >= 0.3 is 6.03 Å². The summed E-state index contributed by atoms with van der Waals surface area (Å²) < 4.78 is 38.8. The summed E-state index contributed by atoms with van der Waals surface area (Å²) in [4.78, 5) is 10.8. The molecule has 0 aliphatic heterocycles. The maximum absolute atomic E-state index is 13.4. The highest BCUT2D eigenvalue weighted by Gasteiger charge is 2.21. The molecular formula is C10H14FN3O3S. The summed E-state index contributed by atoms with van der Waals surface area (Å²) in [5.41, 5.74) is 5.25. The third-order valence-electron chi connectivity index (χ3n) is 2.17. The summed E-state index contributed by atoms with van der Waals surface area (Å²) in [5.74, 6) is -0.744. The van der Waals surface area contributed by atoms with Crippen molar-refractivity contribution in [3.8, 4) is 0 Å². The fourth-order valence-electron chi connectivity index (χ4n) is 1.33. The van der Waals surface area contributed by atoms with Crippen LogP contribution in [0.5, 0.6) is 0 Å². The molecule has 0 aromatic heterocycles. The van der Waals surface area contributed by atoms with Gasteiger partial charge in [-0.3, -0.25) is 0 Å². The van der Waals surface area contributed by atoms with Crippen molar-refractivity contribution < 1.29 is 17.6 Å². The van der Waals surface area contributed by atoms with Crippen LogP contribution in [0.1, 0.15) is 12.5 Å². The average Bonchev–Trinajstić information content (AvgIpc) is 2.22. The molecule has 0 fully saturated rings. The highest BCUT2D eigenvalue weighted by Crippen LogP contribution is 2.21. The van der Waals surface area contributed by atoms with E-state index in [0.717, 1.165) is 12.1 Å². The summed E-state index contributed by atoms with van der Waals surface area (Å²) in [5, 5.41) is 2.27. The number of sulfonamides is 1. The number of nitrogens with two attached hydrogens (primary N) is 1. The van der Waals surface area contributed by atoms with Gasteiger partial charge < -0.3 is 11.1 Å². The second-order valence-electron chi connectivity index (χ2n) is 3.59. The van der Waals surface area contributed by atoms with Gasteiger partial charge in [-0.25, -0.2) is 22.3 Å². The second kappa shape index (κ2) is 5.21. The minimum atomic E-state index is -4.14. The molecule has 1 aromatic carbocycles. The Kier molecular flexibility index (Phi) is 4.12. The standard InChI is InChI=1S/C10H14FN3O3S/c1-3-13-10(15)14-18(16,17)9-5-7(12)4-8(11)6(9)2/h4-5H,3,12H2,1-2H3,(H2,13,14,15). The van der Waals surface area contributed by atoms with Crippen molar-refractivity contribution in [1.82, 2.24) is 10.0 Å². The molecule has 0 aliphatic rings. The van der Waals surface area contributed by atoms with Crippen LogP contribution in [0.4, 0.5) is 14.9 Å². The first-order valence-electron chi connectivity index (χ1n) is 5.14. The Balaban J connectivity index is 3.17. The molecule has 0 spiro atoms. The van der Waals surface area contributed by atoms with Gasteiger partial charge in [-0.2, -0.15) is 0 Å². The van der Waals surface area contributed by atoms with E-state index in [0.29, 0.717) is 0 Å². The Hall–Kier alpha value is -1.83. The zero-order valence-corrected chi connectivity index (χ0v) is 10.8. The molecule has 2 amide bonds. The van der Waals surface area contributed by atoms with E-state index in [1.807, 2.05) is 0 Å². The monoisotopic (exact) mass is 275 g/mol. The van der Waals surface area contributed by atoms with Crippen LogP contribution in [-0.2, 0) is 10.0 Å². The quantitative estimate of drug-likeness (QED) is 0.707. The van der Waals surface area contributed by atoms with Crippen LogP contribution < -0.4 is 15.8 Å². The van der Waals surface area contributed by atoms with Gasteiger partial charge in [-0.15, -0.1) is 0 Å². The SMILES string of the molecule is CCNC(=O)NS(=O)(=O)c1cc(N)cc(F)c1C. The fraction of sp³-hybridized carbons (Fsp3) is 0.300. The van der Waals surface area contributed by atoms with Crippen LogP contribution in [0.25, 0.3) is 0 Å². The van der Waals surface area contributed by atoms with Crippen molar-refractivity contribution in [1.29, 1.82) is 0 Å². The molecule has 8 heteroatoms. The lowest BCUT2D eigenvalue weighted by Crippen LogP contribution is -2.39. The molecule has 0 atom stereocenters. The zero-order chi connectivity index (χ0) is 13.9. The van der Waals surface area contributed by atoms with E-state index >= 15 is 0 Å². The Morgan fingerprint density at radius 2 is 2.06 bits per heavy atom. The Morgan fingerprint density at radius 3 is 2.61 bits per heavy atom. The molecule has 1 rings (SSSR count). The van der Waals surface area contributed by atoms with Crippen LogP contribution in [0.15, 0.2) is 17.0 Å². The molecule has 0 aliphatic carbocycles. The number of nitrogens with one attached hydrogen (secondary N) is 2. The summed E-state index contributed by atoms with van der Waals surface area (Å²) in [6, 6.07) is 1.24. The molecule has 100 valence electrons. The molecule has 18 heavy (non-hydrogen) atoms. The third kappa shape index (κ3) is 3.10. The van der Waals surface area contributed by atoms with Crippen LogP contribution in [0.3, 0.4) is 0 Å². The molecule has 1 aromatic rings. The van der Waals surface area contributed by atoms with E-state index < -0.39 is 21.9 Å². The van der Waals surface area contributed by atoms with E-state index in [9.17, 15) is 17.6 Å². The van der Waals surface area contributed by atoms with Gasteiger partial charge in [-0.1, -0.05) is 0 Å². The molecule has 0 heterocycles. The number of carbonyl (C=O) groups excluding carboxylic acids is 1. The van der Waals surface area contributed by atoms with E-state index in [2.05, 4.69) is 5.32 Å². The molecule has 0 saturated carbocycles. The molecule has 0 unspecified atom stereocenters. The van der Waals surface area contributed by atoms with Crippen LogP contribution in [0, 0.1) is 12.7 Å². The van der Waals surface area contributed by atoms with Crippen molar-refractivity contribution in [3.05, 3.63) is 23.5 Å². The first-order valence-corrected chi connectivity index (χ1v) is 6.62. The Bertz CT molecular complexity index is 572. The lowest BCUT2D eigenvalue weighted by Gasteiger charge is -2.11. The van der Waals surface area contributed by atoms with Gasteiger partial charge in [0.2, 0.25) is 0 Å². The maximum Gasteiger partial charge on any atom is 0.328 e. The van der Waals surface area contributed by atoms with Crippen LogP contribution in [-0.4, -0.2) is 21.0 Å². The molecule has 0 radical (unpaired) electrons. The minimum absolute atomic E-state index is 0.0330. The van der Waals surface area contributed by atoms with Gasteiger partial charge in [0.1, 0.15) is 5.82 Å². The summed E-state index contributed by atoms with van der Waals surface area (Å²) in [6.45, 7) is 3.20. The minimum Gasteiger partial charge on any atom is -0.399 e. The number of urea groups is 1. The van der Waals surface area contributed by atoms with Crippen molar-refractivity contribution in [2.45, 2.75) is 18.7 Å². The summed E-state index contributed by atoms with van der Waals surface area (Å²) >= 11 is 0. The third-order valence-corrected chi connectivity index (χ3v) is 3.63. The molecule has 0 bridgehead atoms. The largest absolute Gasteiger partial charge is 0.399 e. The predicted molar refractivity (Wildman–Crippen MR) is 64.9 cm³/mol. The van der Waals surface area contributed by atoms with Gasteiger partial charge in [0.15, 0.2) is 0 Å². The van der Waals surface area contributed by atoms with Crippen molar-refractivity contribution in [3.63, 3.8) is 0 Å². The smallest absolute Gasteiger partial charge is 0.328 e. The summed E-state index contributed by atoms with van der Waals surface area (Å²) in [6.07, 6.45) is 0. The highest BCUT2D eigenvalue weighted by atomic mass is 32.2. The number of nitrogen functional groups attached to an aromatic ring is 1. The number of amides is 2. The van der Waals surface area contributed by atoms with Gasteiger partial charge in [0.25, 0.3) is 10.0 Å². The number of carbonyl (C=O) groups is 1. The zero-order valence-electron chi connectivity index (χ0n) is 9.95. The van der Waals surface area contributed by atoms with Crippen LogP contribution in [0.2, 0.25) is 0 Å². The number of halogens is 1. The number of rotatable bonds is 3. The van der Waals surface area contributed by atoms with Crippen LogP contribution >= 0.6 is 0 Å². The van der Waals surface area contributed by atoms with E-state index in [1.54, 1.807) is 11.6 Å². The fourth-order valence-corrected chi connectivity index (χ4v) is 2.54. The second-order valence-corrected chi connectivity index (χ2v) is 5.24. The Morgan fingerprint density at radius 1 is 1.44 bits per heavy atom. The summed E-state index contributed by atoms with van der Waals surface area (Å²) in [7, 11) is -4.14. The maximum atomic E-state index is 13.4. The predicted octanol–water partition coefficient (Wildman–Crippen LogP) is 0.724. The Labute approximate surface area is 104 Å². The van der Waals surface area contributed by atoms with Crippen molar-refractivity contribution in [2.75, 3.05) is 12.3 Å². The molecule has 0 saturated heterocycles. The lowest BCUT2D eigenvalue weighted by atomic mass is 10.2. The highest BCUT2D eigenvalue weighted by molar-refractivity contribution is 7.90. The normalized spacial score (nSPS) is 11.1. The number of benzene rings is 1. The van der Waals surface area contributed by atoms with Gasteiger partial charge in [-0.05, 0) is 26.0 Å². The first-order chi connectivity index (χ1) is 8.27. The average molecular weight is 275 g/mol. The van der Waals surface area contributed by atoms with E-state index in [1.165, 1.54) is 6.92 Å². The van der Waals surface area contributed by atoms with Crippen molar-refractivity contribution in [2.24, 2.45) is 0 Å². The number of anilines is 1. The molecule has 4 N–H and O–H groups in total. The molecule has 6 nitrogen and oxygen atoms in total. The van der Waals surface area contributed by atoms with E-state index in [-0.39, 0.29) is 22.7 Å². The molecular weight excluding hydrogens is 261 g/mol. The topological polar surface area (TPSA) is 101 Å². The number of hydrogen-bond donors (Lipinski definition) is 3. The first kappa shape index (κ1) is 14.2. The van der Waals surface area contributed by atoms with Gasteiger partial charge in [0, 0.05) is 17.8 Å².